The minimum atomic E-state index is -0.293. The second-order valence-corrected chi connectivity index (χ2v) is 6.95. The van der Waals surface area contributed by atoms with Gasteiger partial charge in [-0.05, 0) is 63.1 Å². The van der Waals surface area contributed by atoms with E-state index in [9.17, 15) is 9.18 Å². The fourth-order valence-electron chi connectivity index (χ4n) is 3.35. The van der Waals surface area contributed by atoms with Crippen LogP contribution in [0.15, 0.2) is 40.8 Å². The molecule has 0 aliphatic carbocycles. The van der Waals surface area contributed by atoms with Crippen molar-refractivity contribution in [1.82, 2.24) is 9.80 Å². The lowest BCUT2D eigenvalue weighted by atomic mass is 10.0. The van der Waals surface area contributed by atoms with E-state index in [1.54, 1.807) is 29.2 Å². The van der Waals surface area contributed by atoms with E-state index in [0.717, 1.165) is 31.5 Å². The highest BCUT2D eigenvalue weighted by molar-refractivity contribution is 5.92. The summed E-state index contributed by atoms with van der Waals surface area (Å²) in [6, 6.07) is 10.3. The zero-order valence-electron chi connectivity index (χ0n) is 15.0. The maximum Gasteiger partial charge on any atom is 0.289 e. The Morgan fingerprint density at radius 2 is 1.80 bits per heavy atom. The molecule has 25 heavy (non-hydrogen) atoms. The smallest absolute Gasteiger partial charge is 0.289 e. The topological polar surface area (TPSA) is 36.7 Å². The zero-order valence-corrected chi connectivity index (χ0v) is 15.0. The van der Waals surface area contributed by atoms with Gasteiger partial charge in [-0.1, -0.05) is 0 Å². The molecule has 1 amide bonds. The van der Waals surface area contributed by atoms with E-state index in [1.165, 1.54) is 12.1 Å². The number of hydrogen-bond acceptors (Lipinski definition) is 3. The molecule has 0 radical (unpaired) electrons. The van der Waals surface area contributed by atoms with Crippen LogP contribution in [0.2, 0.25) is 0 Å². The monoisotopic (exact) mass is 344 g/mol. The summed E-state index contributed by atoms with van der Waals surface area (Å²) in [4.78, 5) is 17.0. The van der Waals surface area contributed by atoms with Crippen LogP contribution >= 0.6 is 0 Å². The number of rotatable bonds is 4. The van der Waals surface area contributed by atoms with Crippen molar-refractivity contribution in [2.75, 3.05) is 20.1 Å². The van der Waals surface area contributed by atoms with E-state index in [2.05, 4.69) is 18.7 Å². The molecule has 5 heteroatoms. The van der Waals surface area contributed by atoms with Crippen molar-refractivity contribution in [1.29, 1.82) is 0 Å². The number of furan rings is 1. The number of nitrogens with zero attached hydrogens (tertiary/aromatic N) is 2. The first-order valence-corrected chi connectivity index (χ1v) is 8.82. The SMILES string of the molecule is CC(C)N1CCC(N(C)C(=O)c2ccc(-c3ccc(F)cc3)o2)CC1. The number of carbonyl (C=O) groups excluding carboxylic acids is 1. The van der Waals surface area contributed by atoms with Crippen LogP contribution in [-0.2, 0) is 0 Å². The van der Waals surface area contributed by atoms with Gasteiger partial charge >= 0.3 is 0 Å². The largest absolute Gasteiger partial charge is 0.451 e. The molecule has 0 N–H and O–H groups in total. The number of likely N-dealkylation sites (tertiary alicyclic amines) is 1. The summed E-state index contributed by atoms with van der Waals surface area (Å²) >= 11 is 0. The molecule has 0 spiro atoms. The van der Waals surface area contributed by atoms with Crippen LogP contribution < -0.4 is 0 Å². The van der Waals surface area contributed by atoms with Crippen molar-refractivity contribution in [3.05, 3.63) is 48.0 Å². The van der Waals surface area contributed by atoms with Crippen LogP contribution in [0.4, 0.5) is 4.39 Å². The summed E-state index contributed by atoms with van der Waals surface area (Å²) in [7, 11) is 1.85. The van der Waals surface area contributed by atoms with E-state index in [0.29, 0.717) is 17.6 Å². The molecule has 0 saturated carbocycles. The lowest BCUT2D eigenvalue weighted by molar-refractivity contribution is 0.0587. The Morgan fingerprint density at radius 3 is 2.40 bits per heavy atom. The standard InChI is InChI=1S/C20H25FN2O2/c1-14(2)23-12-10-17(11-13-23)22(3)20(24)19-9-8-18(25-19)15-4-6-16(21)7-5-15/h4-9,14,17H,10-13H2,1-3H3. The molecule has 0 atom stereocenters. The first kappa shape index (κ1) is 17.7. The van der Waals surface area contributed by atoms with Crippen LogP contribution in [0.25, 0.3) is 11.3 Å². The molecular formula is C20H25FN2O2. The Labute approximate surface area is 148 Å². The predicted molar refractivity (Wildman–Crippen MR) is 95.9 cm³/mol. The maximum absolute atomic E-state index is 13.0. The molecule has 0 bridgehead atoms. The summed E-state index contributed by atoms with van der Waals surface area (Å²) in [6.07, 6.45) is 1.96. The molecule has 4 nitrogen and oxygen atoms in total. The Morgan fingerprint density at radius 1 is 1.16 bits per heavy atom. The minimum absolute atomic E-state index is 0.101. The zero-order chi connectivity index (χ0) is 18.0. The van der Waals surface area contributed by atoms with Crippen molar-refractivity contribution in [3.8, 4) is 11.3 Å². The Hall–Kier alpha value is -2.14. The molecule has 1 fully saturated rings. The van der Waals surface area contributed by atoms with Crippen molar-refractivity contribution in [2.45, 2.75) is 38.8 Å². The van der Waals surface area contributed by atoms with Gasteiger partial charge in [0.2, 0.25) is 0 Å². The lowest BCUT2D eigenvalue weighted by Gasteiger charge is -2.38. The van der Waals surface area contributed by atoms with Crippen LogP contribution in [0.5, 0.6) is 0 Å². The lowest BCUT2D eigenvalue weighted by Crippen LogP contribution is -2.47. The van der Waals surface area contributed by atoms with Crippen molar-refractivity contribution in [2.24, 2.45) is 0 Å². The Bertz CT molecular complexity index is 716. The van der Waals surface area contributed by atoms with Gasteiger partial charge in [0, 0.05) is 37.8 Å². The molecule has 2 aromatic rings. The summed E-state index contributed by atoms with van der Waals surface area (Å²) in [5.41, 5.74) is 0.758. The number of piperidine rings is 1. The van der Waals surface area contributed by atoms with Gasteiger partial charge < -0.3 is 14.2 Å². The van der Waals surface area contributed by atoms with Gasteiger partial charge in [0.25, 0.3) is 5.91 Å². The number of benzene rings is 1. The van der Waals surface area contributed by atoms with Gasteiger partial charge in [-0.25, -0.2) is 4.39 Å². The van der Waals surface area contributed by atoms with Crippen molar-refractivity contribution < 1.29 is 13.6 Å². The quantitative estimate of drug-likeness (QED) is 0.840. The third-order valence-corrected chi connectivity index (χ3v) is 5.04. The summed E-state index contributed by atoms with van der Waals surface area (Å²) in [5, 5.41) is 0. The van der Waals surface area contributed by atoms with Gasteiger partial charge in [-0.3, -0.25) is 4.79 Å². The average molecular weight is 344 g/mol. The van der Waals surface area contributed by atoms with E-state index in [4.69, 9.17) is 4.42 Å². The first-order valence-electron chi connectivity index (χ1n) is 8.82. The second-order valence-electron chi connectivity index (χ2n) is 6.95. The van der Waals surface area contributed by atoms with Gasteiger partial charge in [-0.15, -0.1) is 0 Å². The molecule has 134 valence electrons. The number of hydrogen-bond donors (Lipinski definition) is 0. The molecule has 1 aliphatic heterocycles. The van der Waals surface area contributed by atoms with Crippen LogP contribution in [0, 0.1) is 5.82 Å². The van der Waals surface area contributed by atoms with E-state index in [-0.39, 0.29) is 17.8 Å². The maximum atomic E-state index is 13.0. The van der Waals surface area contributed by atoms with Gasteiger partial charge in [0.15, 0.2) is 5.76 Å². The third-order valence-electron chi connectivity index (χ3n) is 5.04. The third kappa shape index (κ3) is 3.93. The number of amides is 1. The van der Waals surface area contributed by atoms with Gasteiger partial charge in [0.05, 0.1) is 0 Å². The normalized spacial score (nSPS) is 16.4. The van der Waals surface area contributed by atoms with Crippen molar-refractivity contribution in [3.63, 3.8) is 0 Å². The average Bonchev–Trinajstić information content (AvgIpc) is 3.11. The molecule has 1 aromatic carbocycles. The molecule has 0 unspecified atom stereocenters. The van der Waals surface area contributed by atoms with E-state index >= 15 is 0 Å². The Kier molecular flexibility index (Phi) is 5.23. The molecule has 1 aliphatic rings. The fourth-order valence-corrected chi connectivity index (χ4v) is 3.35. The van der Waals surface area contributed by atoms with Crippen LogP contribution in [0.3, 0.4) is 0 Å². The fraction of sp³-hybridized carbons (Fsp3) is 0.450. The summed E-state index contributed by atoms with van der Waals surface area (Å²) < 4.78 is 18.7. The number of halogens is 1. The number of carbonyl (C=O) groups is 1. The van der Waals surface area contributed by atoms with Crippen LogP contribution in [-0.4, -0.2) is 47.9 Å². The van der Waals surface area contributed by atoms with Crippen LogP contribution in [0.1, 0.15) is 37.2 Å². The Balaban J connectivity index is 1.66. The molecule has 1 aromatic heterocycles. The summed E-state index contributed by atoms with van der Waals surface area (Å²) in [6.45, 7) is 6.43. The second kappa shape index (κ2) is 7.40. The minimum Gasteiger partial charge on any atom is -0.451 e. The highest BCUT2D eigenvalue weighted by Crippen LogP contribution is 2.25. The molecular weight excluding hydrogens is 319 g/mol. The van der Waals surface area contributed by atoms with Gasteiger partial charge in [0.1, 0.15) is 11.6 Å². The van der Waals surface area contributed by atoms with E-state index in [1.807, 2.05) is 7.05 Å². The first-order chi connectivity index (χ1) is 12.0. The summed E-state index contributed by atoms with van der Waals surface area (Å²) in [5.74, 6) is 0.509. The van der Waals surface area contributed by atoms with Crippen molar-refractivity contribution >= 4 is 5.91 Å². The molecule has 3 rings (SSSR count). The van der Waals surface area contributed by atoms with Gasteiger partial charge in [-0.2, -0.15) is 0 Å². The van der Waals surface area contributed by atoms with E-state index < -0.39 is 0 Å². The highest BCUT2D eigenvalue weighted by atomic mass is 19.1. The molecule has 2 heterocycles. The molecule has 1 saturated heterocycles. The highest BCUT2D eigenvalue weighted by Gasteiger charge is 2.28. The predicted octanol–water partition coefficient (Wildman–Crippen LogP) is 4.03.